The van der Waals surface area contributed by atoms with Gasteiger partial charge in [0, 0.05) is 31.0 Å². The minimum absolute atomic E-state index is 0.471. The molecule has 1 aliphatic rings. The summed E-state index contributed by atoms with van der Waals surface area (Å²) in [5, 5.41) is 0. The van der Waals surface area contributed by atoms with E-state index in [1.807, 2.05) is 12.1 Å². The summed E-state index contributed by atoms with van der Waals surface area (Å²) >= 11 is 0. The summed E-state index contributed by atoms with van der Waals surface area (Å²) in [7, 11) is 0. The Morgan fingerprint density at radius 1 is 1.17 bits per heavy atom. The second-order valence-electron chi connectivity index (χ2n) is 5.11. The van der Waals surface area contributed by atoms with Gasteiger partial charge >= 0.3 is 0 Å². The van der Waals surface area contributed by atoms with Crippen LogP contribution in [-0.2, 0) is 0 Å². The first kappa shape index (κ1) is 13.2. The van der Waals surface area contributed by atoms with Crippen LogP contribution < -0.4 is 10.6 Å². The number of nitrogens with two attached hydrogens (primary N) is 1. The lowest BCUT2D eigenvalue weighted by Crippen LogP contribution is -2.48. The normalized spacial score (nSPS) is 18.6. The first-order valence-corrected chi connectivity index (χ1v) is 7.08. The van der Waals surface area contributed by atoms with Gasteiger partial charge in [-0.2, -0.15) is 0 Å². The molecule has 0 bridgehead atoms. The Morgan fingerprint density at radius 2 is 1.78 bits per heavy atom. The standard InChI is InChI=1S/C15H25N3/c1-3-18(15-9-7-14(16)8-10-15)13(2)17-11-5-4-6-12-17/h7-10,13H,3-6,11-12,16H2,1-2H3. The van der Waals surface area contributed by atoms with E-state index in [0.29, 0.717) is 6.17 Å². The molecule has 1 heterocycles. The van der Waals surface area contributed by atoms with Crippen LogP contribution in [0.15, 0.2) is 24.3 Å². The quantitative estimate of drug-likeness (QED) is 0.830. The van der Waals surface area contributed by atoms with E-state index in [4.69, 9.17) is 5.73 Å². The molecule has 2 rings (SSSR count). The van der Waals surface area contributed by atoms with Crippen molar-refractivity contribution in [1.29, 1.82) is 0 Å². The van der Waals surface area contributed by atoms with Gasteiger partial charge in [-0.3, -0.25) is 4.90 Å². The van der Waals surface area contributed by atoms with Gasteiger partial charge in [-0.1, -0.05) is 6.42 Å². The molecular weight excluding hydrogens is 222 g/mol. The fourth-order valence-electron chi connectivity index (χ4n) is 2.82. The van der Waals surface area contributed by atoms with Crippen LogP contribution in [0.25, 0.3) is 0 Å². The van der Waals surface area contributed by atoms with E-state index in [1.54, 1.807) is 0 Å². The fourth-order valence-corrected chi connectivity index (χ4v) is 2.82. The van der Waals surface area contributed by atoms with Gasteiger partial charge in [0.2, 0.25) is 0 Å². The molecule has 3 nitrogen and oxygen atoms in total. The summed E-state index contributed by atoms with van der Waals surface area (Å²) in [5.41, 5.74) is 7.86. The van der Waals surface area contributed by atoms with E-state index < -0.39 is 0 Å². The number of anilines is 2. The number of piperidine rings is 1. The van der Waals surface area contributed by atoms with Gasteiger partial charge in [-0.15, -0.1) is 0 Å². The highest BCUT2D eigenvalue weighted by Gasteiger charge is 2.21. The van der Waals surface area contributed by atoms with Crippen molar-refractivity contribution < 1.29 is 0 Å². The highest BCUT2D eigenvalue weighted by molar-refractivity contribution is 5.53. The van der Waals surface area contributed by atoms with Gasteiger partial charge in [0.15, 0.2) is 0 Å². The third kappa shape index (κ3) is 2.96. The van der Waals surface area contributed by atoms with Crippen LogP contribution in [0.3, 0.4) is 0 Å². The molecule has 2 N–H and O–H groups in total. The largest absolute Gasteiger partial charge is 0.399 e. The minimum Gasteiger partial charge on any atom is -0.399 e. The summed E-state index contributed by atoms with van der Waals surface area (Å²) < 4.78 is 0. The van der Waals surface area contributed by atoms with Crippen molar-refractivity contribution in [3.05, 3.63) is 24.3 Å². The van der Waals surface area contributed by atoms with Crippen LogP contribution in [0.4, 0.5) is 11.4 Å². The maximum atomic E-state index is 5.76. The monoisotopic (exact) mass is 247 g/mol. The summed E-state index contributed by atoms with van der Waals surface area (Å²) in [6.45, 7) is 8.02. The molecule has 0 aromatic heterocycles. The molecule has 0 amide bonds. The van der Waals surface area contributed by atoms with E-state index in [1.165, 1.54) is 38.0 Å². The Bertz CT molecular complexity index is 355. The van der Waals surface area contributed by atoms with Crippen LogP contribution in [0.2, 0.25) is 0 Å². The van der Waals surface area contributed by atoms with E-state index in [0.717, 1.165) is 12.2 Å². The van der Waals surface area contributed by atoms with Crippen LogP contribution in [-0.4, -0.2) is 30.7 Å². The molecule has 100 valence electrons. The summed E-state index contributed by atoms with van der Waals surface area (Å²) in [6.07, 6.45) is 4.53. The van der Waals surface area contributed by atoms with Gasteiger partial charge in [0.25, 0.3) is 0 Å². The molecule has 0 radical (unpaired) electrons. The van der Waals surface area contributed by atoms with Crippen molar-refractivity contribution in [2.45, 2.75) is 39.3 Å². The molecule has 0 saturated carbocycles. The zero-order valence-electron chi connectivity index (χ0n) is 11.6. The molecule has 1 aliphatic heterocycles. The molecule has 1 aromatic rings. The summed E-state index contributed by atoms with van der Waals surface area (Å²) in [4.78, 5) is 5.04. The number of nitrogen functional groups attached to an aromatic ring is 1. The number of benzene rings is 1. The third-order valence-corrected chi connectivity index (χ3v) is 3.94. The lowest BCUT2D eigenvalue weighted by atomic mass is 10.1. The maximum Gasteiger partial charge on any atom is 0.0792 e. The summed E-state index contributed by atoms with van der Waals surface area (Å²) in [5.74, 6) is 0. The average Bonchev–Trinajstić information content (AvgIpc) is 2.42. The highest BCUT2D eigenvalue weighted by atomic mass is 15.3. The first-order valence-electron chi connectivity index (χ1n) is 7.08. The van der Waals surface area contributed by atoms with Crippen molar-refractivity contribution in [3.63, 3.8) is 0 Å². The molecule has 0 spiro atoms. The summed E-state index contributed by atoms with van der Waals surface area (Å²) in [6, 6.07) is 8.22. The van der Waals surface area contributed by atoms with Crippen molar-refractivity contribution in [2.24, 2.45) is 0 Å². The van der Waals surface area contributed by atoms with Gasteiger partial charge < -0.3 is 10.6 Å². The number of likely N-dealkylation sites (tertiary alicyclic amines) is 1. The van der Waals surface area contributed by atoms with E-state index in [2.05, 4.69) is 35.8 Å². The molecule has 1 fully saturated rings. The topological polar surface area (TPSA) is 32.5 Å². The van der Waals surface area contributed by atoms with Crippen LogP contribution in [0, 0.1) is 0 Å². The first-order chi connectivity index (χ1) is 8.72. The SMILES string of the molecule is CCN(c1ccc(N)cc1)C(C)N1CCCCC1. The van der Waals surface area contributed by atoms with Crippen LogP contribution in [0.5, 0.6) is 0 Å². The zero-order chi connectivity index (χ0) is 13.0. The lowest BCUT2D eigenvalue weighted by molar-refractivity contribution is 0.170. The number of hydrogen-bond acceptors (Lipinski definition) is 3. The van der Waals surface area contributed by atoms with Gasteiger partial charge in [-0.25, -0.2) is 0 Å². The average molecular weight is 247 g/mol. The number of rotatable bonds is 4. The second kappa shape index (κ2) is 6.10. The highest BCUT2D eigenvalue weighted by Crippen LogP contribution is 2.22. The lowest BCUT2D eigenvalue weighted by Gasteiger charge is -2.40. The Hall–Kier alpha value is -1.22. The van der Waals surface area contributed by atoms with Crippen LogP contribution in [0.1, 0.15) is 33.1 Å². The van der Waals surface area contributed by atoms with E-state index in [-0.39, 0.29) is 0 Å². The second-order valence-corrected chi connectivity index (χ2v) is 5.11. The smallest absolute Gasteiger partial charge is 0.0792 e. The molecule has 3 heteroatoms. The van der Waals surface area contributed by atoms with Crippen LogP contribution >= 0.6 is 0 Å². The molecule has 0 aliphatic carbocycles. The fraction of sp³-hybridized carbons (Fsp3) is 0.600. The maximum absolute atomic E-state index is 5.76. The molecule has 1 atom stereocenters. The predicted molar refractivity (Wildman–Crippen MR) is 78.8 cm³/mol. The Balaban J connectivity index is 2.09. The molecule has 18 heavy (non-hydrogen) atoms. The van der Waals surface area contributed by atoms with Gasteiger partial charge in [0.1, 0.15) is 0 Å². The van der Waals surface area contributed by atoms with Crippen molar-refractivity contribution in [1.82, 2.24) is 4.90 Å². The Kier molecular flexibility index (Phi) is 4.48. The predicted octanol–water partition coefficient (Wildman–Crippen LogP) is 2.93. The Labute approximate surface area is 111 Å². The van der Waals surface area contributed by atoms with Gasteiger partial charge in [0.05, 0.1) is 6.17 Å². The van der Waals surface area contributed by atoms with Crippen molar-refractivity contribution in [2.75, 3.05) is 30.3 Å². The molecule has 1 saturated heterocycles. The number of nitrogens with zero attached hydrogens (tertiary/aromatic N) is 2. The van der Waals surface area contributed by atoms with E-state index in [9.17, 15) is 0 Å². The Morgan fingerprint density at radius 3 is 2.33 bits per heavy atom. The molecule has 1 aromatic carbocycles. The minimum atomic E-state index is 0.471. The van der Waals surface area contributed by atoms with Gasteiger partial charge in [-0.05, 0) is 51.0 Å². The molecule has 1 unspecified atom stereocenters. The zero-order valence-corrected chi connectivity index (χ0v) is 11.6. The third-order valence-electron chi connectivity index (χ3n) is 3.94. The van der Waals surface area contributed by atoms with Crippen molar-refractivity contribution >= 4 is 11.4 Å². The number of hydrogen-bond donors (Lipinski definition) is 1. The van der Waals surface area contributed by atoms with Crippen molar-refractivity contribution in [3.8, 4) is 0 Å². The van der Waals surface area contributed by atoms with E-state index >= 15 is 0 Å². The molecular formula is C15H25N3.